The Morgan fingerprint density at radius 1 is 1.04 bits per heavy atom. The van der Waals surface area contributed by atoms with Crippen LogP contribution in [-0.4, -0.2) is 15.9 Å². The Kier molecular flexibility index (Phi) is 4.85. The van der Waals surface area contributed by atoms with E-state index in [2.05, 4.69) is 20.6 Å². The molecule has 0 aliphatic rings. The van der Waals surface area contributed by atoms with Crippen LogP contribution in [0.15, 0.2) is 54.7 Å². The highest BCUT2D eigenvalue weighted by molar-refractivity contribution is 6.33. The summed E-state index contributed by atoms with van der Waals surface area (Å²) in [7, 11) is 0. The molecule has 0 unspecified atom stereocenters. The van der Waals surface area contributed by atoms with Crippen molar-refractivity contribution < 1.29 is 13.6 Å². The van der Waals surface area contributed by atoms with Gasteiger partial charge in [-0.2, -0.15) is 0 Å². The van der Waals surface area contributed by atoms with Crippen LogP contribution in [0.4, 0.5) is 26.1 Å². The normalized spacial score (nSPS) is 10.4. The molecular weight excluding hydrogens is 350 g/mol. The van der Waals surface area contributed by atoms with Gasteiger partial charge < -0.3 is 10.6 Å². The second kappa shape index (κ2) is 7.23. The van der Waals surface area contributed by atoms with Gasteiger partial charge in [-0.1, -0.05) is 23.7 Å². The van der Waals surface area contributed by atoms with Crippen molar-refractivity contribution in [2.75, 3.05) is 10.6 Å². The monoisotopic (exact) mass is 360 g/mol. The molecule has 5 nitrogen and oxygen atoms in total. The number of nitrogens with zero attached hydrogens (tertiary/aromatic N) is 2. The van der Waals surface area contributed by atoms with Crippen LogP contribution in [0, 0.1) is 11.6 Å². The van der Waals surface area contributed by atoms with Crippen molar-refractivity contribution in [2.24, 2.45) is 0 Å². The number of carbonyl (C=O) groups is 1. The fraction of sp³-hybridized carbons (Fsp3) is 0. The Morgan fingerprint density at radius 3 is 2.60 bits per heavy atom. The van der Waals surface area contributed by atoms with Gasteiger partial charge in [0.15, 0.2) is 11.6 Å². The zero-order chi connectivity index (χ0) is 17.8. The molecule has 8 heteroatoms. The number of nitrogens with one attached hydrogen (secondary N) is 2. The van der Waals surface area contributed by atoms with Gasteiger partial charge in [0.05, 0.1) is 10.7 Å². The van der Waals surface area contributed by atoms with E-state index in [-0.39, 0.29) is 17.3 Å². The van der Waals surface area contributed by atoms with Crippen molar-refractivity contribution in [3.8, 4) is 0 Å². The summed E-state index contributed by atoms with van der Waals surface area (Å²) >= 11 is 6.00. The zero-order valence-corrected chi connectivity index (χ0v) is 13.4. The number of hydrogen-bond donors (Lipinski definition) is 2. The Bertz CT molecular complexity index is 936. The van der Waals surface area contributed by atoms with Crippen molar-refractivity contribution in [3.05, 3.63) is 77.1 Å². The van der Waals surface area contributed by atoms with Gasteiger partial charge in [-0.05, 0) is 30.3 Å². The van der Waals surface area contributed by atoms with Crippen molar-refractivity contribution in [2.45, 2.75) is 0 Å². The summed E-state index contributed by atoms with van der Waals surface area (Å²) in [6.07, 6.45) is 1.37. The second-order valence-electron chi connectivity index (χ2n) is 4.95. The van der Waals surface area contributed by atoms with E-state index in [1.807, 2.05) is 0 Å². The molecule has 25 heavy (non-hydrogen) atoms. The lowest BCUT2D eigenvalue weighted by molar-refractivity contribution is 0.102. The Hall–Kier alpha value is -3.06. The number of hydrogen-bond acceptors (Lipinski definition) is 4. The minimum Gasteiger partial charge on any atom is -0.324 e. The standard InChI is InChI=1S/C17H11ClF2N4O/c18-11-3-1-2-4-14(11)23-16(25)15-7-8-21-17(24-15)22-10-5-6-12(19)13(20)9-10/h1-9H,(H,23,25)(H,21,22,24). The largest absolute Gasteiger partial charge is 0.324 e. The highest BCUT2D eigenvalue weighted by atomic mass is 35.5. The van der Waals surface area contributed by atoms with Gasteiger partial charge in [0.25, 0.3) is 5.91 Å². The van der Waals surface area contributed by atoms with E-state index in [1.54, 1.807) is 24.3 Å². The van der Waals surface area contributed by atoms with Crippen LogP contribution in [0.3, 0.4) is 0 Å². The molecular formula is C17H11ClF2N4O. The number of aromatic nitrogens is 2. The molecule has 0 atom stereocenters. The molecule has 2 N–H and O–H groups in total. The summed E-state index contributed by atoms with van der Waals surface area (Å²) in [5.74, 6) is -2.38. The predicted molar refractivity (Wildman–Crippen MR) is 91.1 cm³/mol. The Balaban J connectivity index is 1.77. The van der Waals surface area contributed by atoms with Crippen LogP contribution in [0.2, 0.25) is 5.02 Å². The molecule has 0 fully saturated rings. The van der Waals surface area contributed by atoms with E-state index in [4.69, 9.17) is 11.6 Å². The fourth-order valence-corrected chi connectivity index (χ4v) is 2.18. The zero-order valence-electron chi connectivity index (χ0n) is 12.6. The third-order valence-corrected chi connectivity index (χ3v) is 3.52. The minimum atomic E-state index is -1.00. The second-order valence-corrected chi connectivity index (χ2v) is 5.36. The minimum absolute atomic E-state index is 0.0674. The van der Waals surface area contributed by atoms with Gasteiger partial charge in [0, 0.05) is 18.0 Å². The van der Waals surface area contributed by atoms with Crippen LogP contribution in [-0.2, 0) is 0 Å². The summed E-state index contributed by atoms with van der Waals surface area (Å²) in [6.45, 7) is 0. The molecule has 0 aliphatic heterocycles. The number of carbonyl (C=O) groups excluding carboxylic acids is 1. The number of halogens is 3. The number of para-hydroxylation sites is 1. The summed E-state index contributed by atoms with van der Waals surface area (Å²) in [6, 6.07) is 11.5. The maximum Gasteiger partial charge on any atom is 0.274 e. The molecule has 0 saturated heterocycles. The maximum absolute atomic E-state index is 13.2. The van der Waals surface area contributed by atoms with E-state index in [0.29, 0.717) is 10.7 Å². The summed E-state index contributed by atoms with van der Waals surface area (Å²) in [5, 5.41) is 5.74. The van der Waals surface area contributed by atoms with Gasteiger partial charge in [-0.15, -0.1) is 0 Å². The molecule has 126 valence electrons. The summed E-state index contributed by atoms with van der Waals surface area (Å²) < 4.78 is 26.2. The van der Waals surface area contributed by atoms with Gasteiger partial charge in [-0.25, -0.2) is 18.7 Å². The average molecular weight is 361 g/mol. The maximum atomic E-state index is 13.2. The average Bonchev–Trinajstić information content (AvgIpc) is 2.60. The lowest BCUT2D eigenvalue weighted by atomic mass is 10.3. The Labute approximate surface area is 146 Å². The van der Waals surface area contributed by atoms with Crippen molar-refractivity contribution in [1.29, 1.82) is 0 Å². The molecule has 1 aromatic heterocycles. The number of rotatable bonds is 4. The molecule has 0 saturated carbocycles. The van der Waals surface area contributed by atoms with Gasteiger partial charge >= 0.3 is 0 Å². The highest BCUT2D eigenvalue weighted by Crippen LogP contribution is 2.21. The van der Waals surface area contributed by atoms with E-state index in [1.165, 1.54) is 18.3 Å². The topological polar surface area (TPSA) is 66.9 Å². The third kappa shape index (κ3) is 4.07. The molecule has 2 aromatic carbocycles. The van der Waals surface area contributed by atoms with Crippen molar-refractivity contribution in [3.63, 3.8) is 0 Å². The molecule has 0 bridgehead atoms. The van der Waals surface area contributed by atoms with E-state index in [0.717, 1.165) is 12.1 Å². The van der Waals surface area contributed by atoms with Crippen LogP contribution < -0.4 is 10.6 Å². The molecule has 1 amide bonds. The lowest BCUT2D eigenvalue weighted by Gasteiger charge is -2.08. The first-order valence-corrected chi connectivity index (χ1v) is 7.52. The van der Waals surface area contributed by atoms with Crippen LogP contribution in [0.25, 0.3) is 0 Å². The van der Waals surface area contributed by atoms with E-state index in [9.17, 15) is 13.6 Å². The quantitative estimate of drug-likeness (QED) is 0.723. The van der Waals surface area contributed by atoms with Crippen LogP contribution in [0.5, 0.6) is 0 Å². The van der Waals surface area contributed by atoms with Crippen LogP contribution >= 0.6 is 11.6 Å². The first-order chi connectivity index (χ1) is 12.0. The lowest BCUT2D eigenvalue weighted by Crippen LogP contribution is -2.15. The Morgan fingerprint density at radius 2 is 1.84 bits per heavy atom. The SMILES string of the molecule is O=C(Nc1ccccc1Cl)c1ccnc(Nc2ccc(F)c(F)c2)n1. The molecule has 3 rings (SSSR count). The summed E-state index contributed by atoms with van der Waals surface area (Å²) in [4.78, 5) is 20.3. The fourth-order valence-electron chi connectivity index (χ4n) is 2.00. The molecule has 1 heterocycles. The number of benzene rings is 2. The molecule has 0 radical (unpaired) electrons. The number of amides is 1. The summed E-state index contributed by atoms with van der Waals surface area (Å²) in [5.41, 5.74) is 0.783. The van der Waals surface area contributed by atoms with Crippen molar-refractivity contribution >= 4 is 34.8 Å². The number of anilines is 3. The first kappa shape index (κ1) is 16.8. The van der Waals surface area contributed by atoms with E-state index < -0.39 is 17.5 Å². The van der Waals surface area contributed by atoms with Gasteiger partial charge in [-0.3, -0.25) is 4.79 Å². The van der Waals surface area contributed by atoms with Gasteiger partial charge in [0.1, 0.15) is 5.69 Å². The molecule has 3 aromatic rings. The van der Waals surface area contributed by atoms with E-state index >= 15 is 0 Å². The third-order valence-electron chi connectivity index (χ3n) is 3.19. The molecule has 0 aliphatic carbocycles. The predicted octanol–water partition coefficient (Wildman–Crippen LogP) is 4.40. The first-order valence-electron chi connectivity index (χ1n) is 7.14. The smallest absolute Gasteiger partial charge is 0.274 e. The van der Waals surface area contributed by atoms with Crippen LogP contribution in [0.1, 0.15) is 10.5 Å². The highest BCUT2D eigenvalue weighted by Gasteiger charge is 2.11. The van der Waals surface area contributed by atoms with Gasteiger partial charge in [0.2, 0.25) is 5.95 Å². The van der Waals surface area contributed by atoms with Crippen molar-refractivity contribution in [1.82, 2.24) is 9.97 Å². The molecule has 0 spiro atoms.